The highest BCUT2D eigenvalue weighted by atomic mass is 19.1. The maximum absolute atomic E-state index is 14.7. The smallest absolute Gasteiger partial charge is 0.258 e. The van der Waals surface area contributed by atoms with Gasteiger partial charge < -0.3 is 15.0 Å². The topological polar surface area (TPSA) is 110 Å². The lowest BCUT2D eigenvalue weighted by Gasteiger charge is -2.21. The Balaban J connectivity index is 1.55. The van der Waals surface area contributed by atoms with E-state index in [2.05, 4.69) is 21.9 Å². The van der Waals surface area contributed by atoms with Crippen LogP contribution in [-0.2, 0) is 4.79 Å². The molecule has 8 nitrogen and oxygen atoms in total. The van der Waals surface area contributed by atoms with Crippen LogP contribution in [-0.4, -0.2) is 46.5 Å². The molecule has 1 aliphatic carbocycles. The molecule has 0 spiro atoms. The highest BCUT2D eigenvalue weighted by Crippen LogP contribution is 2.40. The van der Waals surface area contributed by atoms with E-state index >= 15 is 0 Å². The van der Waals surface area contributed by atoms with Gasteiger partial charge in [-0.1, -0.05) is 12.6 Å². The molecule has 0 aliphatic heterocycles. The Bertz CT molecular complexity index is 1380. The van der Waals surface area contributed by atoms with Crippen molar-refractivity contribution in [3.8, 4) is 17.0 Å². The molecule has 2 aromatic carbocycles. The zero-order valence-corrected chi connectivity index (χ0v) is 21.2. The Morgan fingerprint density at radius 1 is 1.29 bits per heavy atom. The summed E-state index contributed by atoms with van der Waals surface area (Å²) in [5.41, 5.74) is 8.11. The predicted molar refractivity (Wildman–Crippen MR) is 140 cm³/mol. The molecule has 38 heavy (non-hydrogen) atoms. The molecule has 0 radical (unpaired) electrons. The van der Waals surface area contributed by atoms with Crippen LogP contribution in [0.2, 0.25) is 0 Å². The second kappa shape index (κ2) is 11.5. The monoisotopic (exact) mass is 521 g/mol. The minimum absolute atomic E-state index is 0.128. The second-order valence-corrected chi connectivity index (χ2v) is 9.24. The van der Waals surface area contributed by atoms with E-state index < -0.39 is 23.8 Å². The fourth-order valence-electron chi connectivity index (χ4n) is 4.04. The lowest BCUT2D eigenvalue weighted by molar-refractivity contribution is -0.125. The van der Waals surface area contributed by atoms with E-state index in [4.69, 9.17) is 10.5 Å². The molecule has 198 valence electrons. The lowest BCUT2D eigenvalue weighted by atomic mass is 10.0. The van der Waals surface area contributed by atoms with Gasteiger partial charge >= 0.3 is 0 Å². The molecule has 2 amide bonds. The summed E-state index contributed by atoms with van der Waals surface area (Å²) in [4.78, 5) is 34.2. The van der Waals surface area contributed by atoms with Crippen LogP contribution in [0.3, 0.4) is 0 Å². The van der Waals surface area contributed by atoms with Crippen molar-refractivity contribution in [2.45, 2.75) is 38.3 Å². The first-order chi connectivity index (χ1) is 18.2. The number of hydrogen-bond acceptors (Lipinski definition) is 6. The van der Waals surface area contributed by atoms with E-state index in [1.807, 2.05) is 0 Å². The van der Waals surface area contributed by atoms with Crippen LogP contribution in [0, 0.1) is 18.6 Å². The van der Waals surface area contributed by atoms with Gasteiger partial charge in [0, 0.05) is 31.3 Å². The molecule has 1 heterocycles. The Labute approximate surface area is 219 Å². The van der Waals surface area contributed by atoms with Gasteiger partial charge in [0.1, 0.15) is 29.9 Å². The number of halogens is 2. The average molecular weight is 522 g/mol. The molecule has 1 aliphatic rings. The summed E-state index contributed by atoms with van der Waals surface area (Å²) < 4.78 is 35.2. The van der Waals surface area contributed by atoms with Gasteiger partial charge in [-0.3, -0.25) is 15.3 Å². The van der Waals surface area contributed by atoms with Crippen molar-refractivity contribution < 1.29 is 23.1 Å². The summed E-state index contributed by atoms with van der Waals surface area (Å²) in [6, 6.07) is 7.00. The number of nitrogens with zero attached hydrogens (tertiary/aromatic N) is 3. The first kappa shape index (κ1) is 26.9. The van der Waals surface area contributed by atoms with E-state index in [-0.39, 0.29) is 28.6 Å². The number of likely N-dealkylation sites (N-methyl/N-ethyl adjacent to an activating group) is 1. The number of anilines is 1. The number of amides is 2. The van der Waals surface area contributed by atoms with Crippen LogP contribution in [0.4, 0.5) is 14.5 Å². The molecule has 1 unspecified atom stereocenters. The van der Waals surface area contributed by atoms with Crippen LogP contribution in [0.1, 0.15) is 46.7 Å². The quantitative estimate of drug-likeness (QED) is 0.299. The third-order valence-electron chi connectivity index (χ3n) is 6.42. The van der Waals surface area contributed by atoms with Crippen molar-refractivity contribution in [2.75, 3.05) is 18.9 Å². The first-order valence-electron chi connectivity index (χ1n) is 12.2. The number of benzene rings is 2. The van der Waals surface area contributed by atoms with Crippen LogP contribution < -0.4 is 15.8 Å². The Kier molecular flexibility index (Phi) is 8.11. The van der Waals surface area contributed by atoms with Crippen LogP contribution in [0.25, 0.3) is 11.3 Å². The normalized spacial score (nSPS) is 13.5. The largest absolute Gasteiger partial charge is 0.472 e. The second-order valence-electron chi connectivity index (χ2n) is 9.24. The number of aromatic nitrogens is 2. The van der Waals surface area contributed by atoms with Gasteiger partial charge in [-0.05, 0) is 67.2 Å². The van der Waals surface area contributed by atoms with Gasteiger partial charge in [0.25, 0.3) is 5.91 Å². The van der Waals surface area contributed by atoms with Crippen molar-refractivity contribution in [2.24, 2.45) is 5.73 Å². The van der Waals surface area contributed by atoms with Crippen molar-refractivity contribution in [3.05, 3.63) is 83.8 Å². The SMILES string of the molecule is C=CC(=O)N(C)CCC(N)Oc1cncnc1-c1cc(F)cc(NC(=O)c2ccc(C3CC3)cc2F)c1C. The number of hydrogen-bond donors (Lipinski definition) is 2. The summed E-state index contributed by atoms with van der Waals surface area (Å²) in [7, 11) is 1.62. The predicted octanol–water partition coefficient (Wildman–Crippen LogP) is 4.56. The van der Waals surface area contributed by atoms with Crippen molar-refractivity contribution >= 4 is 17.5 Å². The highest BCUT2D eigenvalue weighted by molar-refractivity contribution is 6.05. The average Bonchev–Trinajstić information content (AvgIpc) is 3.74. The van der Waals surface area contributed by atoms with Gasteiger partial charge in [0.2, 0.25) is 5.91 Å². The van der Waals surface area contributed by atoms with Crippen LogP contribution in [0.15, 0.2) is 55.5 Å². The van der Waals surface area contributed by atoms with Gasteiger partial charge in [0.15, 0.2) is 5.75 Å². The first-order valence-corrected chi connectivity index (χ1v) is 12.2. The van der Waals surface area contributed by atoms with Crippen molar-refractivity contribution in [1.82, 2.24) is 14.9 Å². The standard InChI is InChI=1S/C28H29F2N5O3/c1-4-26(36)35(3)10-9-25(31)38-24-14-32-15-33-27(24)21-12-19(29)13-23(16(21)2)34-28(37)20-8-7-18(11-22(20)30)17-5-6-17/h4,7-8,11-15,17,25H,1,5-6,9-10,31H2,2-3H3,(H,34,37). The maximum atomic E-state index is 14.7. The molecule has 1 fully saturated rings. The highest BCUT2D eigenvalue weighted by Gasteiger charge is 2.25. The third kappa shape index (κ3) is 6.20. The molecule has 3 N–H and O–H groups in total. The molecular weight excluding hydrogens is 492 g/mol. The summed E-state index contributed by atoms with van der Waals surface area (Å²) in [6.45, 7) is 5.45. The van der Waals surface area contributed by atoms with Crippen LogP contribution >= 0.6 is 0 Å². The number of ether oxygens (including phenoxy) is 1. The van der Waals surface area contributed by atoms with Crippen molar-refractivity contribution in [3.63, 3.8) is 0 Å². The van der Waals surface area contributed by atoms with E-state index in [9.17, 15) is 18.4 Å². The minimum Gasteiger partial charge on any atom is -0.472 e. The Morgan fingerprint density at radius 3 is 2.74 bits per heavy atom. The summed E-state index contributed by atoms with van der Waals surface area (Å²) in [5.74, 6) is -1.65. The molecule has 1 aromatic heterocycles. The third-order valence-corrected chi connectivity index (χ3v) is 6.42. The molecule has 1 atom stereocenters. The number of nitrogens with one attached hydrogen (secondary N) is 1. The maximum Gasteiger partial charge on any atom is 0.258 e. The van der Waals surface area contributed by atoms with E-state index in [1.54, 1.807) is 20.0 Å². The van der Waals surface area contributed by atoms with Gasteiger partial charge in [-0.25, -0.2) is 18.7 Å². The molecule has 1 saturated carbocycles. The van der Waals surface area contributed by atoms with E-state index in [1.165, 1.54) is 41.7 Å². The minimum atomic E-state index is -0.811. The number of rotatable bonds is 10. The van der Waals surface area contributed by atoms with Gasteiger partial charge in [-0.2, -0.15) is 0 Å². The van der Waals surface area contributed by atoms with E-state index in [0.29, 0.717) is 30.0 Å². The molecule has 4 rings (SSSR count). The van der Waals surface area contributed by atoms with Crippen molar-refractivity contribution in [1.29, 1.82) is 0 Å². The Morgan fingerprint density at radius 2 is 2.05 bits per heavy atom. The zero-order chi connectivity index (χ0) is 27.4. The fraction of sp³-hybridized carbons (Fsp3) is 0.286. The number of nitrogens with two attached hydrogens (primary N) is 1. The zero-order valence-electron chi connectivity index (χ0n) is 21.2. The summed E-state index contributed by atoms with van der Waals surface area (Å²) in [6.07, 6.45) is 5.41. The van der Waals surface area contributed by atoms with Gasteiger partial charge in [0.05, 0.1) is 11.8 Å². The molecule has 10 heteroatoms. The van der Waals surface area contributed by atoms with Crippen LogP contribution in [0.5, 0.6) is 5.75 Å². The molecule has 3 aromatic rings. The van der Waals surface area contributed by atoms with Gasteiger partial charge in [-0.15, -0.1) is 0 Å². The molecule has 0 saturated heterocycles. The lowest BCUT2D eigenvalue weighted by Crippen LogP contribution is -2.34. The van der Waals surface area contributed by atoms with E-state index in [0.717, 1.165) is 24.5 Å². The summed E-state index contributed by atoms with van der Waals surface area (Å²) >= 11 is 0. The molecule has 0 bridgehead atoms. The molecular formula is C28H29F2N5O3. The number of carbonyl (C=O) groups is 2. The fourth-order valence-corrected chi connectivity index (χ4v) is 4.04. The number of carbonyl (C=O) groups excluding carboxylic acids is 2. The summed E-state index contributed by atoms with van der Waals surface area (Å²) in [5, 5.41) is 2.62. The Hall–Kier alpha value is -4.18.